The zero-order valence-electron chi connectivity index (χ0n) is 20.2. The third-order valence-corrected chi connectivity index (χ3v) is 7.54. The maximum atomic E-state index is 11.9. The molecule has 0 spiro atoms. The van der Waals surface area contributed by atoms with E-state index < -0.39 is 0 Å². The number of phenols is 1. The molecule has 0 saturated heterocycles. The van der Waals surface area contributed by atoms with Gasteiger partial charge in [0.05, 0.1) is 18.0 Å². The lowest BCUT2D eigenvalue weighted by molar-refractivity contribution is -0.117. The number of rotatable bonds is 10. The third-order valence-electron chi connectivity index (χ3n) is 6.29. The van der Waals surface area contributed by atoms with Crippen LogP contribution in [0.2, 0.25) is 0 Å². The molecule has 176 valence electrons. The van der Waals surface area contributed by atoms with Crippen LogP contribution in [-0.2, 0) is 4.79 Å². The van der Waals surface area contributed by atoms with Crippen LogP contribution in [0.4, 0.5) is 5.69 Å². The van der Waals surface area contributed by atoms with Crippen LogP contribution in [0.1, 0.15) is 73.1 Å². The number of carbonyl (C=O) groups is 1. The molecule has 0 radical (unpaired) electrons. The molecular formula is C26H38N2O3S. The van der Waals surface area contributed by atoms with Crippen LogP contribution >= 0.6 is 11.8 Å². The standard InChI is InChI=1S/C26H38N2O3S/c1-6-8-9-18(7-2)15-31-19-10-11-20(24(30)12-19)27-21-13-26(4,5)14-22-25(21)32-16-23(28-22)17(3)29/h10-12,18,23,27,30H,6-9,13-16H2,1-5H3. The lowest BCUT2D eigenvalue weighted by atomic mass is 9.78. The Morgan fingerprint density at radius 3 is 2.78 bits per heavy atom. The maximum absolute atomic E-state index is 11.9. The van der Waals surface area contributed by atoms with Crippen molar-refractivity contribution in [3.63, 3.8) is 0 Å². The highest BCUT2D eigenvalue weighted by atomic mass is 32.2. The molecular weight excluding hydrogens is 420 g/mol. The van der Waals surface area contributed by atoms with E-state index in [1.165, 1.54) is 19.3 Å². The third kappa shape index (κ3) is 6.31. The Morgan fingerprint density at radius 2 is 2.12 bits per heavy atom. The van der Waals surface area contributed by atoms with Crippen LogP contribution in [0, 0.1) is 11.3 Å². The van der Waals surface area contributed by atoms with E-state index in [9.17, 15) is 9.90 Å². The van der Waals surface area contributed by atoms with Gasteiger partial charge in [0.1, 0.15) is 17.5 Å². The van der Waals surface area contributed by atoms with Gasteiger partial charge < -0.3 is 15.2 Å². The van der Waals surface area contributed by atoms with E-state index in [4.69, 9.17) is 9.73 Å². The van der Waals surface area contributed by atoms with Gasteiger partial charge in [-0.05, 0) is 49.7 Å². The summed E-state index contributed by atoms with van der Waals surface area (Å²) in [5.41, 5.74) is 2.79. The van der Waals surface area contributed by atoms with Crippen LogP contribution in [0.25, 0.3) is 0 Å². The molecule has 3 rings (SSSR count). The molecule has 0 bridgehead atoms. The SMILES string of the molecule is CCCCC(CC)COc1ccc(NC2=C3SCC(C(C)=O)N=C3CC(C)(C)C2)c(O)c1. The topological polar surface area (TPSA) is 70.9 Å². The second kappa shape index (κ2) is 10.8. The van der Waals surface area contributed by atoms with E-state index in [1.54, 1.807) is 24.8 Å². The highest BCUT2D eigenvalue weighted by molar-refractivity contribution is 8.04. The summed E-state index contributed by atoms with van der Waals surface area (Å²) < 4.78 is 5.98. The van der Waals surface area contributed by atoms with Crippen molar-refractivity contribution < 1.29 is 14.6 Å². The highest BCUT2D eigenvalue weighted by Gasteiger charge is 2.35. The molecule has 6 heteroatoms. The average molecular weight is 459 g/mol. The number of hydrogen-bond donors (Lipinski definition) is 2. The molecule has 1 aromatic rings. The minimum Gasteiger partial charge on any atom is -0.506 e. The molecule has 2 aliphatic rings. The zero-order chi connectivity index (χ0) is 23.3. The van der Waals surface area contributed by atoms with Gasteiger partial charge in [0.15, 0.2) is 5.78 Å². The minimum absolute atomic E-state index is 0.0379. The molecule has 1 heterocycles. The molecule has 32 heavy (non-hydrogen) atoms. The number of hydrogen-bond acceptors (Lipinski definition) is 6. The first-order valence-electron chi connectivity index (χ1n) is 11.9. The monoisotopic (exact) mass is 458 g/mol. The Balaban J connectivity index is 1.74. The second-order valence-corrected chi connectivity index (χ2v) is 10.9. The van der Waals surface area contributed by atoms with Crippen LogP contribution < -0.4 is 10.1 Å². The molecule has 0 saturated carbocycles. The van der Waals surface area contributed by atoms with Crippen LogP contribution in [0.3, 0.4) is 0 Å². The number of ether oxygens (including phenoxy) is 1. The van der Waals surface area contributed by atoms with Crippen molar-refractivity contribution in [1.29, 1.82) is 0 Å². The van der Waals surface area contributed by atoms with Crippen LogP contribution in [0.15, 0.2) is 33.8 Å². The number of thioether (sulfide) groups is 1. The molecule has 1 aromatic carbocycles. The Hall–Kier alpha value is -1.95. The summed E-state index contributed by atoms with van der Waals surface area (Å²) in [6.07, 6.45) is 6.43. The molecule has 0 amide bonds. The molecule has 2 unspecified atom stereocenters. The summed E-state index contributed by atoms with van der Waals surface area (Å²) in [6, 6.07) is 5.25. The number of nitrogens with zero attached hydrogens (tertiary/aromatic N) is 1. The maximum Gasteiger partial charge on any atom is 0.155 e. The number of fused-ring (bicyclic) bond motifs is 1. The van der Waals surface area contributed by atoms with Gasteiger partial charge in [-0.3, -0.25) is 9.79 Å². The lowest BCUT2D eigenvalue weighted by Gasteiger charge is -2.37. The normalized spacial score (nSPS) is 20.9. The van der Waals surface area contributed by atoms with Gasteiger partial charge in [-0.2, -0.15) is 0 Å². The van der Waals surface area contributed by atoms with E-state index in [0.29, 0.717) is 29.7 Å². The van der Waals surface area contributed by atoms with E-state index in [2.05, 4.69) is 33.0 Å². The number of aromatic hydroxyl groups is 1. The fraction of sp³-hybridized carbons (Fsp3) is 0.615. The Bertz CT molecular complexity index is 891. The van der Waals surface area contributed by atoms with E-state index >= 15 is 0 Å². The Morgan fingerprint density at radius 1 is 1.34 bits per heavy atom. The van der Waals surface area contributed by atoms with Crippen molar-refractivity contribution in [3.05, 3.63) is 28.8 Å². The summed E-state index contributed by atoms with van der Waals surface area (Å²) in [5.74, 6) is 2.22. The number of carbonyl (C=O) groups excluding carboxylic acids is 1. The summed E-state index contributed by atoms with van der Waals surface area (Å²) in [7, 11) is 0. The first-order chi connectivity index (χ1) is 15.2. The van der Waals surface area contributed by atoms with Crippen molar-refractivity contribution in [2.45, 2.75) is 79.2 Å². The van der Waals surface area contributed by atoms with Crippen LogP contribution in [-0.4, -0.2) is 35.0 Å². The van der Waals surface area contributed by atoms with Gasteiger partial charge >= 0.3 is 0 Å². The largest absolute Gasteiger partial charge is 0.506 e. The van der Waals surface area contributed by atoms with Gasteiger partial charge in [0.2, 0.25) is 0 Å². The number of allylic oxidation sites excluding steroid dienone is 2. The van der Waals surface area contributed by atoms with Crippen molar-refractivity contribution in [2.24, 2.45) is 16.3 Å². The fourth-order valence-corrected chi connectivity index (χ4v) is 5.51. The van der Waals surface area contributed by atoms with E-state index in [-0.39, 0.29) is 23.0 Å². The zero-order valence-corrected chi connectivity index (χ0v) is 21.0. The lowest BCUT2D eigenvalue weighted by Crippen LogP contribution is -2.33. The van der Waals surface area contributed by atoms with Gasteiger partial charge in [0, 0.05) is 22.4 Å². The summed E-state index contributed by atoms with van der Waals surface area (Å²) in [4.78, 5) is 17.7. The smallest absolute Gasteiger partial charge is 0.155 e. The minimum atomic E-state index is -0.247. The summed E-state index contributed by atoms with van der Waals surface area (Å²) in [5, 5.41) is 14.1. The predicted molar refractivity (Wildman–Crippen MR) is 135 cm³/mol. The summed E-state index contributed by atoms with van der Waals surface area (Å²) in [6.45, 7) is 11.1. The van der Waals surface area contributed by atoms with Crippen molar-refractivity contribution in [1.82, 2.24) is 0 Å². The number of nitrogens with one attached hydrogen (secondary N) is 1. The number of anilines is 1. The van der Waals surface area contributed by atoms with Crippen molar-refractivity contribution >= 4 is 28.9 Å². The quantitative estimate of drug-likeness (QED) is 0.388. The van der Waals surface area contributed by atoms with Crippen molar-refractivity contribution in [2.75, 3.05) is 17.7 Å². The number of phenolic OH excluding ortho intramolecular Hbond substituents is 1. The van der Waals surface area contributed by atoms with Gasteiger partial charge in [0.25, 0.3) is 0 Å². The number of benzene rings is 1. The van der Waals surface area contributed by atoms with Crippen LogP contribution in [0.5, 0.6) is 11.5 Å². The first-order valence-corrected chi connectivity index (χ1v) is 12.9. The molecule has 1 aliphatic carbocycles. The summed E-state index contributed by atoms with van der Waals surface area (Å²) >= 11 is 1.70. The highest BCUT2D eigenvalue weighted by Crippen LogP contribution is 2.44. The predicted octanol–water partition coefficient (Wildman–Crippen LogP) is 6.58. The van der Waals surface area contributed by atoms with E-state index in [1.807, 2.05) is 12.1 Å². The Labute approximate surface area is 197 Å². The molecule has 0 fully saturated rings. The molecule has 1 aliphatic heterocycles. The van der Waals surface area contributed by atoms with Gasteiger partial charge in [-0.25, -0.2) is 0 Å². The van der Waals surface area contributed by atoms with Gasteiger partial charge in [-0.15, -0.1) is 11.8 Å². The molecule has 0 aromatic heterocycles. The fourth-order valence-electron chi connectivity index (χ4n) is 4.28. The molecule has 2 atom stereocenters. The van der Waals surface area contributed by atoms with Crippen molar-refractivity contribution in [3.8, 4) is 11.5 Å². The number of aliphatic imine (C=N–C) groups is 1. The molecule has 5 nitrogen and oxygen atoms in total. The molecule has 2 N–H and O–H groups in total. The number of unbranched alkanes of at least 4 members (excludes halogenated alkanes) is 1. The Kier molecular flexibility index (Phi) is 8.32. The van der Waals surface area contributed by atoms with E-state index in [0.717, 1.165) is 35.6 Å². The number of ketones is 1. The second-order valence-electron chi connectivity index (χ2n) is 9.87. The number of Topliss-reactive ketones (excluding diaryl/α,β-unsaturated/α-hetero) is 1. The van der Waals surface area contributed by atoms with Gasteiger partial charge in [-0.1, -0.05) is 47.0 Å². The average Bonchev–Trinajstić information content (AvgIpc) is 2.74. The first kappa shape index (κ1) is 24.7.